The van der Waals surface area contributed by atoms with Crippen LogP contribution in [0.5, 0.6) is 0 Å². The molecule has 1 aliphatic rings. The smallest absolute Gasteiger partial charge is 0.325 e. The first-order chi connectivity index (χ1) is 9.77. The van der Waals surface area contributed by atoms with Gasteiger partial charge in [0.2, 0.25) is 0 Å². The van der Waals surface area contributed by atoms with Crippen LogP contribution >= 0.6 is 0 Å². The summed E-state index contributed by atoms with van der Waals surface area (Å²) in [5.74, 6) is -0.150. The highest BCUT2D eigenvalue weighted by Gasteiger charge is 2.38. The van der Waals surface area contributed by atoms with Gasteiger partial charge in [0, 0.05) is 19.3 Å². The predicted octanol–water partition coefficient (Wildman–Crippen LogP) is 3.29. The molecule has 0 aromatic carbocycles. The first-order valence-electron chi connectivity index (χ1n) is 8.21. The number of methoxy groups -OCH3 is 1. The van der Waals surface area contributed by atoms with Gasteiger partial charge in [-0.1, -0.05) is 20.8 Å². The van der Waals surface area contributed by atoms with Gasteiger partial charge in [-0.25, -0.2) is 0 Å². The highest BCUT2D eigenvalue weighted by molar-refractivity contribution is 5.80. The third kappa shape index (κ3) is 7.82. The maximum atomic E-state index is 12.0. The van der Waals surface area contributed by atoms with Crippen molar-refractivity contribution in [1.29, 1.82) is 0 Å². The van der Waals surface area contributed by atoms with Crippen molar-refractivity contribution in [1.82, 2.24) is 5.32 Å². The molecule has 0 saturated heterocycles. The topological polar surface area (TPSA) is 47.6 Å². The van der Waals surface area contributed by atoms with E-state index in [1.807, 2.05) is 6.92 Å². The van der Waals surface area contributed by atoms with Crippen molar-refractivity contribution in [2.24, 2.45) is 5.41 Å². The summed E-state index contributed by atoms with van der Waals surface area (Å²) in [5.41, 5.74) is -0.209. The molecular formula is C17H33NO3. The lowest BCUT2D eigenvalue weighted by atomic mass is 9.93. The Bertz CT molecular complexity index is 320. The molecule has 1 unspecified atom stereocenters. The second-order valence-electron chi connectivity index (χ2n) is 7.62. The van der Waals surface area contributed by atoms with Crippen LogP contribution in [0.15, 0.2) is 0 Å². The van der Waals surface area contributed by atoms with E-state index in [1.54, 1.807) is 0 Å². The number of carbonyl (C=O) groups is 1. The van der Waals surface area contributed by atoms with Crippen LogP contribution in [0.1, 0.15) is 66.2 Å². The summed E-state index contributed by atoms with van der Waals surface area (Å²) in [6.45, 7) is 10.2. The van der Waals surface area contributed by atoms with Crippen LogP contribution in [0.4, 0.5) is 0 Å². The molecule has 0 spiro atoms. The van der Waals surface area contributed by atoms with E-state index < -0.39 is 5.54 Å². The molecule has 0 aliphatic heterocycles. The second kappa shape index (κ2) is 8.14. The van der Waals surface area contributed by atoms with Crippen molar-refractivity contribution in [2.75, 3.05) is 20.3 Å². The number of hydrogen-bond acceptors (Lipinski definition) is 4. The van der Waals surface area contributed by atoms with Gasteiger partial charge in [-0.2, -0.15) is 0 Å². The Hall–Kier alpha value is -0.610. The molecule has 4 heteroatoms. The normalized spacial score (nSPS) is 18.3. The van der Waals surface area contributed by atoms with Crippen LogP contribution < -0.4 is 5.32 Å². The molecular weight excluding hydrogens is 266 g/mol. The third-order valence-electron chi connectivity index (χ3n) is 3.95. The van der Waals surface area contributed by atoms with Crippen LogP contribution in [0.3, 0.4) is 0 Å². The number of ether oxygens (including phenoxy) is 2. The summed E-state index contributed by atoms with van der Waals surface area (Å²) in [7, 11) is 1.46. The quantitative estimate of drug-likeness (QED) is 0.497. The lowest BCUT2D eigenvalue weighted by Crippen LogP contribution is -2.51. The van der Waals surface area contributed by atoms with E-state index in [9.17, 15) is 4.79 Å². The third-order valence-corrected chi connectivity index (χ3v) is 3.95. The second-order valence-corrected chi connectivity index (χ2v) is 7.62. The molecule has 21 heavy (non-hydrogen) atoms. The zero-order valence-corrected chi connectivity index (χ0v) is 14.5. The van der Waals surface area contributed by atoms with Crippen molar-refractivity contribution in [3.63, 3.8) is 0 Å². The van der Waals surface area contributed by atoms with Gasteiger partial charge >= 0.3 is 5.97 Å². The van der Waals surface area contributed by atoms with Crippen LogP contribution in [0.2, 0.25) is 0 Å². The molecule has 1 rings (SSSR count). The first kappa shape index (κ1) is 18.4. The Morgan fingerprint density at radius 1 is 1.10 bits per heavy atom. The minimum Gasteiger partial charge on any atom is -0.468 e. The lowest BCUT2D eigenvalue weighted by Gasteiger charge is -2.28. The summed E-state index contributed by atoms with van der Waals surface area (Å²) >= 11 is 0. The zero-order chi connectivity index (χ0) is 15.9. The van der Waals surface area contributed by atoms with E-state index in [-0.39, 0.29) is 5.97 Å². The van der Waals surface area contributed by atoms with Crippen molar-refractivity contribution < 1.29 is 14.3 Å². The molecule has 0 radical (unpaired) electrons. The first-order valence-corrected chi connectivity index (χ1v) is 8.21. The molecule has 124 valence electrons. The van der Waals surface area contributed by atoms with Gasteiger partial charge in [0.1, 0.15) is 5.54 Å². The Kier molecular flexibility index (Phi) is 7.14. The van der Waals surface area contributed by atoms with Gasteiger partial charge in [0.05, 0.1) is 7.11 Å². The molecule has 0 heterocycles. The molecule has 0 aromatic heterocycles. The van der Waals surface area contributed by atoms with Gasteiger partial charge < -0.3 is 9.47 Å². The Labute approximate surface area is 130 Å². The molecule has 0 aromatic rings. The van der Waals surface area contributed by atoms with Gasteiger partial charge in [0.15, 0.2) is 0 Å². The number of rotatable bonds is 10. The van der Waals surface area contributed by atoms with Crippen LogP contribution in [-0.4, -0.2) is 37.9 Å². The maximum absolute atomic E-state index is 12.0. The predicted molar refractivity (Wildman–Crippen MR) is 85.3 cm³/mol. The van der Waals surface area contributed by atoms with E-state index in [1.165, 1.54) is 20.0 Å². The molecule has 4 nitrogen and oxygen atoms in total. The van der Waals surface area contributed by atoms with Gasteiger partial charge in [-0.3, -0.25) is 10.1 Å². The van der Waals surface area contributed by atoms with E-state index in [0.717, 1.165) is 38.9 Å². The monoisotopic (exact) mass is 299 g/mol. The highest BCUT2D eigenvalue weighted by atomic mass is 16.5. The average molecular weight is 299 g/mol. The Morgan fingerprint density at radius 2 is 1.76 bits per heavy atom. The standard InChI is InChI=1S/C17H33NO3/c1-16(2,3)11-13-21-12-7-6-10-17(4,15(19)20-5)18-14-8-9-14/h14,18H,6-13H2,1-5H3. The number of unbranched alkanes of at least 4 members (excludes halogenated alkanes) is 1. The fraction of sp³-hybridized carbons (Fsp3) is 0.941. The van der Waals surface area contributed by atoms with Gasteiger partial charge in [0.25, 0.3) is 0 Å². The largest absolute Gasteiger partial charge is 0.468 e. The minimum absolute atomic E-state index is 0.150. The number of hydrogen-bond donors (Lipinski definition) is 1. The maximum Gasteiger partial charge on any atom is 0.325 e. The van der Waals surface area contributed by atoms with E-state index in [0.29, 0.717) is 11.5 Å². The number of carbonyl (C=O) groups excluding carboxylic acids is 1. The minimum atomic E-state index is -0.540. The molecule has 0 amide bonds. The summed E-state index contributed by atoms with van der Waals surface area (Å²) in [5, 5.41) is 3.42. The van der Waals surface area contributed by atoms with Crippen molar-refractivity contribution in [3.05, 3.63) is 0 Å². The van der Waals surface area contributed by atoms with Crippen LogP contribution in [0.25, 0.3) is 0 Å². The number of nitrogens with one attached hydrogen (secondary N) is 1. The Balaban J connectivity index is 2.17. The van der Waals surface area contributed by atoms with Crippen LogP contribution in [-0.2, 0) is 14.3 Å². The molecule has 1 aliphatic carbocycles. The average Bonchev–Trinajstić information content (AvgIpc) is 3.19. The summed E-state index contributed by atoms with van der Waals surface area (Å²) in [4.78, 5) is 12.0. The number of esters is 1. The van der Waals surface area contributed by atoms with Crippen molar-refractivity contribution in [3.8, 4) is 0 Å². The van der Waals surface area contributed by atoms with E-state index >= 15 is 0 Å². The highest BCUT2D eigenvalue weighted by Crippen LogP contribution is 2.26. The Morgan fingerprint density at radius 3 is 2.29 bits per heavy atom. The van der Waals surface area contributed by atoms with Crippen LogP contribution in [0, 0.1) is 5.41 Å². The van der Waals surface area contributed by atoms with Gasteiger partial charge in [-0.05, 0) is 50.9 Å². The summed E-state index contributed by atoms with van der Waals surface area (Å²) < 4.78 is 10.6. The zero-order valence-electron chi connectivity index (χ0n) is 14.5. The molecule has 1 saturated carbocycles. The fourth-order valence-electron chi connectivity index (χ4n) is 2.30. The SMILES string of the molecule is COC(=O)C(C)(CCCCOCCC(C)(C)C)NC1CC1. The molecule has 1 atom stereocenters. The lowest BCUT2D eigenvalue weighted by molar-refractivity contribution is -0.148. The fourth-order valence-corrected chi connectivity index (χ4v) is 2.30. The molecule has 1 N–H and O–H groups in total. The van der Waals surface area contributed by atoms with E-state index in [4.69, 9.17) is 9.47 Å². The molecule has 1 fully saturated rings. The summed E-state index contributed by atoms with van der Waals surface area (Å²) in [6.07, 6.45) is 6.18. The van der Waals surface area contributed by atoms with Gasteiger partial charge in [-0.15, -0.1) is 0 Å². The van der Waals surface area contributed by atoms with Crippen molar-refractivity contribution >= 4 is 5.97 Å². The molecule has 0 bridgehead atoms. The van der Waals surface area contributed by atoms with E-state index in [2.05, 4.69) is 26.1 Å². The van der Waals surface area contributed by atoms with Crippen molar-refractivity contribution in [2.45, 2.75) is 77.8 Å². The summed E-state index contributed by atoms with van der Waals surface area (Å²) in [6, 6.07) is 0.497.